The molecule has 1 aromatic carbocycles. The average Bonchev–Trinajstić information content (AvgIpc) is 3.73. The number of pyridine rings is 1. The van der Waals surface area contributed by atoms with Crippen LogP contribution in [-0.2, 0) is 16.6 Å². The van der Waals surface area contributed by atoms with Crippen LogP contribution in [0.1, 0.15) is 85.2 Å². The van der Waals surface area contributed by atoms with Gasteiger partial charge in [-0.05, 0) is 106 Å². The fraction of sp³-hybridized carbons (Fsp3) is 0.441. The third kappa shape index (κ3) is 4.82. The molecule has 0 bridgehead atoms. The van der Waals surface area contributed by atoms with Crippen LogP contribution in [0, 0.1) is 25.7 Å². The molecule has 0 amide bonds. The van der Waals surface area contributed by atoms with E-state index in [2.05, 4.69) is 36.0 Å². The molecule has 3 aromatic rings. The monoisotopic (exact) mass is 540 g/mol. The van der Waals surface area contributed by atoms with E-state index in [9.17, 15) is 14.3 Å². The summed E-state index contributed by atoms with van der Waals surface area (Å²) in [6, 6.07) is 10.3. The lowest BCUT2D eigenvalue weighted by Gasteiger charge is -2.33. The standard InChI is InChI=1S/C34H37FN2O3/c1-4-33(35)13-11-23(12-14-33)17-24-5-6-26-19-27(30-21(2)37-40-22(30)3)20-36-31(26)29(18-24)25-7-9-28(10-8-25)34(15-16-34)32(38)39/h4,7-10,18-20,23-24H,1,5-6,11-17H2,2-3H3,(H,38,39). The second-order valence-corrected chi connectivity index (χ2v) is 12.2. The molecule has 208 valence electrons. The summed E-state index contributed by atoms with van der Waals surface area (Å²) < 4.78 is 20.2. The van der Waals surface area contributed by atoms with Crippen LogP contribution >= 0.6 is 0 Å². The van der Waals surface area contributed by atoms with Gasteiger partial charge in [-0.3, -0.25) is 9.78 Å². The molecule has 0 aliphatic heterocycles. The first-order chi connectivity index (χ1) is 19.2. The minimum Gasteiger partial charge on any atom is -0.481 e. The highest BCUT2D eigenvalue weighted by atomic mass is 19.1. The maximum absolute atomic E-state index is 14.8. The van der Waals surface area contributed by atoms with E-state index < -0.39 is 17.1 Å². The predicted molar refractivity (Wildman–Crippen MR) is 154 cm³/mol. The van der Waals surface area contributed by atoms with Gasteiger partial charge in [-0.25, -0.2) is 4.39 Å². The predicted octanol–water partition coefficient (Wildman–Crippen LogP) is 7.94. The van der Waals surface area contributed by atoms with Gasteiger partial charge >= 0.3 is 5.97 Å². The van der Waals surface area contributed by atoms with E-state index in [1.54, 1.807) is 0 Å². The Morgan fingerprint density at radius 1 is 1.12 bits per heavy atom. The van der Waals surface area contributed by atoms with Crippen molar-refractivity contribution in [1.29, 1.82) is 0 Å². The molecule has 3 aliphatic rings. The Kier molecular flexibility index (Phi) is 6.76. The number of carboxylic acid groups (broad SMARTS) is 1. The van der Waals surface area contributed by atoms with Crippen LogP contribution in [0.3, 0.4) is 0 Å². The molecule has 40 heavy (non-hydrogen) atoms. The molecular weight excluding hydrogens is 503 g/mol. The Bertz CT molecular complexity index is 1450. The quantitative estimate of drug-likeness (QED) is 0.308. The Morgan fingerprint density at radius 2 is 1.85 bits per heavy atom. The largest absolute Gasteiger partial charge is 0.481 e. The van der Waals surface area contributed by atoms with Gasteiger partial charge in [0.25, 0.3) is 0 Å². The molecular formula is C34H37FN2O3. The van der Waals surface area contributed by atoms with Crippen LogP contribution in [0.2, 0.25) is 0 Å². The SMILES string of the molecule is C=CC1(F)CCC(CC2C=C(c3ccc(C4(C(=O)O)CC4)cc3)c3ncc(-c4c(C)noc4C)cc3CC2)CC1. The molecule has 0 spiro atoms. The molecule has 0 saturated heterocycles. The summed E-state index contributed by atoms with van der Waals surface area (Å²) in [4.78, 5) is 16.9. The maximum Gasteiger partial charge on any atom is 0.314 e. The summed E-state index contributed by atoms with van der Waals surface area (Å²) in [7, 11) is 0. The van der Waals surface area contributed by atoms with Crippen molar-refractivity contribution in [3.8, 4) is 11.1 Å². The van der Waals surface area contributed by atoms with Gasteiger partial charge in [0.05, 0.1) is 16.8 Å². The lowest BCUT2D eigenvalue weighted by molar-refractivity contribution is -0.140. The lowest BCUT2D eigenvalue weighted by Crippen LogP contribution is -2.27. The Morgan fingerprint density at radius 3 is 2.45 bits per heavy atom. The number of aliphatic carboxylic acids is 1. The first-order valence-electron chi connectivity index (χ1n) is 14.5. The van der Waals surface area contributed by atoms with E-state index in [4.69, 9.17) is 9.51 Å². The fourth-order valence-corrected chi connectivity index (χ4v) is 6.88. The molecule has 1 atom stereocenters. The number of hydrogen-bond donors (Lipinski definition) is 1. The van der Waals surface area contributed by atoms with E-state index in [0.29, 0.717) is 37.5 Å². The van der Waals surface area contributed by atoms with E-state index in [0.717, 1.165) is 77.1 Å². The molecule has 1 unspecified atom stereocenters. The molecule has 6 rings (SSSR count). The van der Waals surface area contributed by atoms with Crippen LogP contribution in [-0.4, -0.2) is 26.9 Å². The van der Waals surface area contributed by atoms with Gasteiger partial charge in [0.15, 0.2) is 0 Å². The minimum atomic E-state index is -1.22. The van der Waals surface area contributed by atoms with E-state index in [-0.39, 0.29) is 0 Å². The number of nitrogens with zero attached hydrogens (tertiary/aromatic N) is 2. The fourth-order valence-electron chi connectivity index (χ4n) is 6.88. The molecule has 1 N–H and O–H groups in total. The van der Waals surface area contributed by atoms with Crippen LogP contribution in [0.5, 0.6) is 0 Å². The lowest BCUT2D eigenvalue weighted by atomic mass is 9.76. The van der Waals surface area contributed by atoms with Gasteiger partial charge in [0.1, 0.15) is 11.4 Å². The highest BCUT2D eigenvalue weighted by Gasteiger charge is 2.51. The summed E-state index contributed by atoms with van der Waals surface area (Å²) in [5, 5.41) is 13.9. The number of rotatable bonds is 7. The van der Waals surface area contributed by atoms with Crippen LogP contribution in [0.15, 0.2) is 59.8 Å². The van der Waals surface area contributed by atoms with E-state index in [1.165, 1.54) is 11.6 Å². The smallest absolute Gasteiger partial charge is 0.314 e. The zero-order valence-electron chi connectivity index (χ0n) is 23.4. The molecule has 6 heteroatoms. The van der Waals surface area contributed by atoms with Crippen molar-refractivity contribution < 1.29 is 18.8 Å². The number of alkyl halides is 1. The van der Waals surface area contributed by atoms with Gasteiger partial charge in [0, 0.05) is 22.9 Å². The summed E-state index contributed by atoms with van der Waals surface area (Å²) in [5.41, 5.74) is 6.10. The number of benzene rings is 1. The summed E-state index contributed by atoms with van der Waals surface area (Å²) in [5.74, 6) is 0.881. The second-order valence-electron chi connectivity index (χ2n) is 12.2. The first kappa shape index (κ1) is 26.7. The molecule has 2 aromatic heterocycles. The number of carbonyl (C=O) groups is 1. The molecule has 2 saturated carbocycles. The van der Waals surface area contributed by atoms with E-state index >= 15 is 0 Å². The van der Waals surface area contributed by atoms with Gasteiger partial charge in [0.2, 0.25) is 0 Å². The van der Waals surface area contributed by atoms with Gasteiger partial charge < -0.3 is 9.63 Å². The molecule has 5 nitrogen and oxygen atoms in total. The number of aromatic nitrogens is 2. The zero-order chi connectivity index (χ0) is 28.1. The normalized spacial score (nSPS) is 25.4. The van der Waals surface area contributed by atoms with Crippen molar-refractivity contribution in [2.75, 3.05) is 0 Å². The highest BCUT2D eigenvalue weighted by molar-refractivity contribution is 5.86. The van der Waals surface area contributed by atoms with Crippen molar-refractivity contribution in [1.82, 2.24) is 10.1 Å². The van der Waals surface area contributed by atoms with Crippen LogP contribution < -0.4 is 0 Å². The topological polar surface area (TPSA) is 76.2 Å². The Hall–Kier alpha value is -3.54. The number of allylic oxidation sites excluding steroid dienone is 2. The molecule has 2 fully saturated rings. The Labute approximate surface area is 235 Å². The summed E-state index contributed by atoms with van der Waals surface area (Å²) in [6.07, 6.45) is 13.0. The number of halogens is 1. The van der Waals surface area contributed by atoms with Crippen molar-refractivity contribution in [3.05, 3.63) is 89.1 Å². The van der Waals surface area contributed by atoms with Gasteiger partial charge in [-0.2, -0.15) is 0 Å². The van der Waals surface area contributed by atoms with Gasteiger partial charge in [-0.1, -0.05) is 48.2 Å². The third-order valence-corrected chi connectivity index (χ3v) is 9.58. The number of fused-ring (bicyclic) bond motifs is 1. The third-order valence-electron chi connectivity index (χ3n) is 9.58. The summed E-state index contributed by atoms with van der Waals surface area (Å²) >= 11 is 0. The van der Waals surface area contributed by atoms with Crippen molar-refractivity contribution in [2.45, 2.75) is 82.7 Å². The summed E-state index contributed by atoms with van der Waals surface area (Å²) in [6.45, 7) is 7.59. The zero-order valence-corrected chi connectivity index (χ0v) is 23.4. The number of hydrogen-bond acceptors (Lipinski definition) is 4. The highest BCUT2D eigenvalue weighted by Crippen LogP contribution is 2.49. The molecule has 3 aliphatic carbocycles. The van der Waals surface area contributed by atoms with Gasteiger partial charge in [-0.15, -0.1) is 0 Å². The maximum atomic E-state index is 14.8. The number of aryl methyl sites for hydroxylation is 3. The van der Waals surface area contributed by atoms with Crippen LogP contribution in [0.4, 0.5) is 4.39 Å². The average molecular weight is 541 g/mol. The minimum absolute atomic E-state index is 0.348. The molecule has 0 radical (unpaired) electrons. The van der Waals surface area contributed by atoms with Crippen molar-refractivity contribution >= 4 is 11.5 Å². The second kappa shape index (κ2) is 10.1. The first-order valence-corrected chi connectivity index (χ1v) is 14.5. The van der Waals surface area contributed by atoms with Crippen molar-refractivity contribution in [2.24, 2.45) is 11.8 Å². The van der Waals surface area contributed by atoms with Crippen LogP contribution in [0.25, 0.3) is 16.7 Å². The number of carboxylic acids is 1. The Balaban J connectivity index is 1.34. The molecule has 2 heterocycles. The van der Waals surface area contributed by atoms with Crippen molar-refractivity contribution in [3.63, 3.8) is 0 Å². The van der Waals surface area contributed by atoms with E-state index in [1.807, 2.05) is 32.2 Å².